The van der Waals surface area contributed by atoms with E-state index in [1.807, 2.05) is 7.05 Å². The lowest BCUT2D eigenvalue weighted by Gasteiger charge is -2.16. The summed E-state index contributed by atoms with van der Waals surface area (Å²) in [5.74, 6) is 1.68. The lowest BCUT2D eigenvalue weighted by Crippen LogP contribution is -2.21. The van der Waals surface area contributed by atoms with Crippen LogP contribution >= 0.6 is 0 Å². The maximum atomic E-state index is 3.18. The summed E-state index contributed by atoms with van der Waals surface area (Å²) in [4.78, 5) is 0. The molecule has 0 aliphatic rings. The Labute approximate surface area is 58.8 Å². The first kappa shape index (κ1) is 8.96. The van der Waals surface area contributed by atoms with Crippen molar-refractivity contribution in [3.63, 3.8) is 0 Å². The van der Waals surface area contributed by atoms with Crippen LogP contribution in [0.15, 0.2) is 0 Å². The Morgan fingerprint density at radius 3 is 2.11 bits per heavy atom. The minimum absolute atomic E-state index is 0.819. The summed E-state index contributed by atoms with van der Waals surface area (Å²) in [6, 6.07) is 0. The van der Waals surface area contributed by atoms with E-state index in [0.717, 1.165) is 18.4 Å². The van der Waals surface area contributed by atoms with Crippen molar-refractivity contribution >= 4 is 0 Å². The Bertz CT molecular complexity index is 61.6. The topological polar surface area (TPSA) is 12.0 Å². The van der Waals surface area contributed by atoms with Crippen LogP contribution in [0, 0.1) is 11.8 Å². The number of hydrogen-bond acceptors (Lipinski definition) is 1. The summed E-state index contributed by atoms with van der Waals surface area (Å²) in [7, 11) is 2.01. The second kappa shape index (κ2) is 4.80. The molecule has 0 aliphatic heterocycles. The monoisotopic (exact) mass is 129 g/mol. The van der Waals surface area contributed by atoms with Crippen molar-refractivity contribution in [1.29, 1.82) is 0 Å². The predicted molar refractivity (Wildman–Crippen MR) is 42.5 cm³/mol. The molecule has 0 rings (SSSR count). The number of hydrogen-bond donors (Lipinski definition) is 1. The third-order valence-corrected chi connectivity index (χ3v) is 2.14. The van der Waals surface area contributed by atoms with Crippen LogP contribution in [0.3, 0.4) is 0 Å². The van der Waals surface area contributed by atoms with E-state index in [-0.39, 0.29) is 0 Å². The van der Waals surface area contributed by atoms with E-state index in [1.54, 1.807) is 0 Å². The van der Waals surface area contributed by atoms with E-state index in [2.05, 4.69) is 26.1 Å². The Balaban J connectivity index is 3.32. The molecule has 0 amide bonds. The van der Waals surface area contributed by atoms with Crippen molar-refractivity contribution in [1.82, 2.24) is 5.32 Å². The first-order chi connectivity index (χ1) is 4.22. The molecule has 1 heteroatoms. The fraction of sp³-hybridized carbons (Fsp3) is 1.00. The Hall–Kier alpha value is -0.0400. The van der Waals surface area contributed by atoms with Crippen molar-refractivity contribution in [3.8, 4) is 0 Å². The molecule has 0 aromatic carbocycles. The van der Waals surface area contributed by atoms with Gasteiger partial charge >= 0.3 is 0 Å². The molecule has 0 fully saturated rings. The molecule has 0 heterocycles. The summed E-state index contributed by atoms with van der Waals surface area (Å²) < 4.78 is 0. The summed E-state index contributed by atoms with van der Waals surface area (Å²) in [5, 5.41) is 3.18. The highest BCUT2D eigenvalue weighted by atomic mass is 14.8. The smallest absolute Gasteiger partial charge is 0.00236 e. The molecule has 0 unspecified atom stereocenters. The minimum atomic E-state index is 0.819. The maximum Gasteiger partial charge on any atom is -0.00236 e. The van der Waals surface area contributed by atoms with Gasteiger partial charge in [-0.25, -0.2) is 0 Å². The fourth-order valence-electron chi connectivity index (χ4n) is 0.926. The van der Waals surface area contributed by atoms with Gasteiger partial charge in [0.25, 0.3) is 0 Å². The van der Waals surface area contributed by atoms with Crippen LogP contribution in [-0.2, 0) is 0 Å². The highest BCUT2D eigenvalue weighted by molar-refractivity contribution is 4.60. The molecule has 0 aliphatic carbocycles. The van der Waals surface area contributed by atoms with Crippen LogP contribution in [-0.4, -0.2) is 13.6 Å². The third-order valence-electron chi connectivity index (χ3n) is 2.14. The standard InChI is InChI=1S/C8H19N/c1-5-7(2)8(3)6-9-4/h7-9H,5-6H2,1-4H3/t7-,8+/m0/s1. The summed E-state index contributed by atoms with van der Waals surface area (Å²) in [6.07, 6.45) is 1.29. The van der Waals surface area contributed by atoms with E-state index in [1.165, 1.54) is 6.42 Å². The van der Waals surface area contributed by atoms with Gasteiger partial charge in [0, 0.05) is 0 Å². The van der Waals surface area contributed by atoms with E-state index < -0.39 is 0 Å². The van der Waals surface area contributed by atoms with E-state index >= 15 is 0 Å². The molecule has 0 spiro atoms. The van der Waals surface area contributed by atoms with Gasteiger partial charge in [-0.1, -0.05) is 27.2 Å². The van der Waals surface area contributed by atoms with Crippen LogP contribution < -0.4 is 5.32 Å². The average molecular weight is 129 g/mol. The van der Waals surface area contributed by atoms with Crippen molar-refractivity contribution in [2.75, 3.05) is 13.6 Å². The summed E-state index contributed by atoms with van der Waals surface area (Å²) in [6.45, 7) is 8.00. The number of nitrogens with one attached hydrogen (secondary N) is 1. The van der Waals surface area contributed by atoms with Gasteiger partial charge in [-0.15, -0.1) is 0 Å². The van der Waals surface area contributed by atoms with Gasteiger partial charge in [-0.05, 0) is 25.4 Å². The first-order valence-corrected chi connectivity index (χ1v) is 3.87. The largest absolute Gasteiger partial charge is 0.319 e. The summed E-state index contributed by atoms with van der Waals surface area (Å²) >= 11 is 0. The molecule has 1 N–H and O–H groups in total. The molecule has 0 bridgehead atoms. The Morgan fingerprint density at radius 1 is 1.22 bits per heavy atom. The van der Waals surface area contributed by atoms with Crippen LogP contribution in [0.25, 0.3) is 0 Å². The molecule has 1 nitrogen and oxygen atoms in total. The van der Waals surface area contributed by atoms with Gasteiger partial charge in [0.2, 0.25) is 0 Å². The summed E-state index contributed by atoms with van der Waals surface area (Å²) in [5.41, 5.74) is 0. The van der Waals surface area contributed by atoms with E-state index in [4.69, 9.17) is 0 Å². The SMILES string of the molecule is CC[C@H](C)[C@H](C)CNC. The zero-order chi connectivity index (χ0) is 7.28. The van der Waals surface area contributed by atoms with Gasteiger partial charge < -0.3 is 5.32 Å². The lowest BCUT2D eigenvalue weighted by atomic mass is 9.94. The number of rotatable bonds is 4. The molecule has 0 aromatic heterocycles. The van der Waals surface area contributed by atoms with Crippen molar-refractivity contribution < 1.29 is 0 Å². The normalized spacial score (nSPS) is 17.3. The molecule has 2 atom stereocenters. The molecule has 9 heavy (non-hydrogen) atoms. The molecule has 0 saturated heterocycles. The van der Waals surface area contributed by atoms with Gasteiger partial charge in [-0.2, -0.15) is 0 Å². The Kier molecular flexibility index (Phi) is 4.78. The van der Waals surface area contributed by atoms with Gasteiger partial charge in [-0.3, -0.25) is 0 Å². The van der Waals surface area contributed by atoms with Crippen molar-refractivity contribution in [3.05, 3.63) is 0 Å². The second-order valence-corrected chi connectivity index (χ2v) is 2.92. The van der Waals surface area contributed by atoms with Crippen LogP contribution in [0.2, 0.25) is 0 Å². The maximum absolute atomic E-state index is 3.18. The molecule has 56 valence electrons. The highest BCUT2D eigenvalue weighted by Crippen LogP contribution is 2.12. The van der Waals surface area contributed by atoms with Crippen LogP contribution in [0.4, 0.5) is 0 Å². The van der Waals surface area contributed by atoms with Crippen molar-refractivity contribution in [2.24, 2.45) is 11.8 Å². The Morgan fingerprint density at radius 2 is 1.78 bits per heavy atom. The van der Waals surface area contributed by atoms with Crippen molar-refractivity contribution in [2.45, 2.75) is 27.2 Å². The quantitative estimate of drug-likeness (QED) is 0.611. The molecule has 0 radical (unpaired) electrons. The van der Waals surface area contributed by atoms with Crippen LogP contribution in [0.1, 0.15) is 27.2 Å². The second-order valence-electron chi connectivity index (χ2n) is 2.92. The average Bonchev–Trinajstić information content (AvgIpc) is 1.87. The minimum Gasteiger partial charge on any atom is -0.319 e. The molecule has 0 aromatic rings. The van der Waals surface area contributed by atoms with Crippen LogP contribution in [0.5, 0.6) is 0 Å². The highest BCUT2D eigenvalue weighted by Gasteiger charge is 2.07. The van der Waals surface area contributed by atoms with E-state index in [9.17, 15) is 0 Å². The molecular formula is C8H19N. The zero-order valence-electron chi connectivity index (χ0n) is 7.07. The third kappa shape index (κ3) is 3.52. The fourth-order valence-corrected chi connectivity index (χ4v) is 0.926. The first-order valence-electron chi connectivity index (χ1n) is 3.87. The zero-order valence-corrected chi connectivity index (χ0v) is 7.07. The van der Waals surface area contributed by atoms with Gasteiger partial charge in [0.1, 0.15) is 0 Å². The predicted octanol–water partition coefficient (Wildman–Crippen LogP) is 1.89. The van der Waals surface area contributed by atoms with E-state index in [0.29, 0.717) is 0 Å². The lowest BCUT2D eigenvalue weighted by molar-refractivity contribution is 0.367. The molecule has 0 saturated carbocycles. The van der Waals surface area contributed by atoms with Gasteiger partial charge in [0.15, 0.2) is 0 Å². The van der Waals surface area contributed by atoms with Gasteiger partial charge in [0.05, 0.1) is 0 Å². The molecular weight excluding hydrogens is 110 g/mol.